The number of hydrogen-bond donors (Lipinski definition) is 5. The summed E-state index contributed by atoms with van der Waals surface area (Å²) in [5.41, 5.74) is 3.57. The average Bonchev–Trinajstić information content (AvgIpc) is 3.65. The van der Waals surface area contributed by atoms with Crippen molar-refractivity contribution in [1.29, 1.82) is 0 Å². The lowest BCUT2D eigenvalue weighted by atomic mass is 10.2. The van der Waals surface area contributed by atoms with Gasteiger partial charge < -0.3 is 20.2 Å². The first-order chi connectivity index (χ1) is 17.5. The van der Waals surface area contributed by atoms with Gasteiger partial charge in [-0.3, -0.25) is 15.1 Å². The number of nitrogens with zero attached hydrogens (tertiary/aromatic N) is 3. The van der Waals surface area contributed by atoms with Crippen molar-refractivity contribution in [2.24, 2.45) is 5.92 Å². The maximum atomic E-state index is 11.1. The second kappa shape index (κ2) is 14.0. The second-order valence-electron chi connectivity index (χ2n) is 8.13. The minimum absolute atomic E-state index is 0.235. The Morgan fingerprint density at radius 1 is 1.19 bits per heavy atom. The van der Waals surface area contributed by atoms with Gasteiger partial charge >= 0.3 is 0 Å². The van der Waals surface area contributed by atoms with E-state index in [2.05, 4.69) is 30.8 Å². The number of benzene rings is 1. The molecule has 1 aliphatic carbocycles. The molecule has 1 aliphatic rings. The van der Waals surface area contributed by atoms with Crippen LogP contribution in [0.5, 0.6) is 5.88 Å². The molecule has 0 atom stereocenters. The van der Waals surface area contributed by atoms with Crippen molar-refractivity contribution in [3.8, 4) is 5.88 Å². The van der Waals surface area contributed by atoms with Gasteiger partial charge in [-0.05, 0) is 68.6 Å². The van der Waals surface area contributed by atoms with E-state index in [0.29, 0.717) is 48.0 Å². The third-order valence-corrected chi connectivity index (χ3v) is 5.86. The summed E-state index contributed by atoms with van der Waals surface area (Å²) in [6.45, 7) is 2.30. The predicted octanol–water partition coefficient (Wildman–Crippen LogP) is 4.09. The standard InChI is InChI=1S/C20H25N7O3S.C4H6O/c1-13-11-17(26-25-13)22-16-12-19(30-10-4-3-5-18(28)27-29)24-20(23-16)31-15-8-6-14(21-2)7-9-15;5-3-4-1-2-4/h6-9,11-12,21,29H,3-5,10H2,1-2H3,(H,27,28)(H2,22,23,24,25,26);3-4H,1-2H2. The third kappa shape index (κ3) is 9.55. The molecular weight excluding hydrogens is 482 g/mol. The average molecular weight is 514 g/mol. The molecule has 2 heterocycles. The number of rotatable bonds is 12. The van der Waals surface area contributed by atoms with Gasteiger partial charge in [-0.2, -0.15) is 10.1 Å². The van der Waals surface area contributed by atoms with Crippen molar-refractivity contribution in [2.45, 2.75) is 49.1 Å². The van der Waals surface area contributed by atoms with Crippen LogP contribution < -0.4 is 20.9 Å². The number of unbranched alkanes of at least 4 members (excludes halogenated alkanes) is 1. The summed E-state index contributed by atoms with van der Waals surface area (Å²) in [6, 6.07) is 11.5. The molecule has 192 valence electrons. The SMILES string of the molecule is CNc1ccc(Sc2nc(Nc3cc(C)[nH]n3)cc(OCCCCC(=O)NO)n2)cc1.O=CC1CC1. The Hall–Kier alpha value is -3.64. The number of nitrogens with one attached hydrogen (secondary N) is 4. The fraction of sp³-hybridized carbons (Fsp3) is 0.375. The topological polar surface area (TPSA) is 154 Å². The first kappa shape index (κ1) is 27.0. The predicted molar refractivity (Wildman–Crippen MR) is 137 cm³/mol. The van der Waals surface area contributed by atoms with Gasteiger partial charge in [0.05, 0.1) is 6.61 Å². The normalized spacial score (nSPS) is 12.2. The van der Waals surface area contributed by atoms with Crippen LogP contribution in [-0.4, -0.2) is 51.2 Å². The molecule has 0 spiro atoms. The molecule has 11 nitrogen and oxygen atoms in total. The summed E-state index contributed by atoms with van der Waals surface area (Å²) < 4.78 is 5.78. The number of anilines is 3. The first-order valence-electron chi connectivity index (χ1n) is 11.6. The third-order valence-electron chi connectivity index (χ3n) is 4.98. The summed E-state index contributed by atoms with van der Waals surface area (Å²) in [5, 5.41) is 22.4. The fourth-order valence-electron chi connectivity index (χ4n) is 2.85. The van der Waals surface area contributed by atoms with E-state index < -0.39 is 5.91 Å². The summed E-state index contributed by atoms with van der Waals surface area (Å²) in [5.74, 6) is 1.67. The van der Waals surface area contributed by atoms with Crippen LogP contribution in [0.25, 0.3) is 0 Å². The maximum absolute atomic E-state index is 11.1. The number of carbonyl (C=O) groups excluding carboxylic acids is 2. The monoisotopic (exact) mass is 513 g/mol. The van der Waals surface area contributed by atoms with E-state index in [0.717, 1.165) is 35.4 Å². The number of hydrogen-bond acceptors (Lipinski definition) is 10. The lowest BCUT2D eigenvalue weighted by Crippen LogP contribution is -2.18. The molecule has 0 unspecified atom stereocenters. The number of aromatic amines is 1. The molecule has 1 aromatic carbocycles. The minimum Gasteiger partial charge on any atom is -0.478 e. The molecule has 4 rings (SSSR count). The number of aromatic nitrogens is 4. The number of hydroxylamine groups is 1. The Kier molecular flexibility index (Phi) is 10.5. The molecule has 5 N–H and O–H groups in total. The van der Waals surface area contributed by atoms with E-state index in [1.54, 1.807) is 11.5 Å². The van der Waals surface area contributed by atoms with Gasteiger partial charge in [0.15, 0.2) is 11.0 Å². The van der Waals surface area contributed by atoms with Crippen LogP contribution in [0.2, 0.25) is 0 Å². The van der Waals surface area contributed by atoms with Crippen LogP contribution in [0.15, 0.2) is 46.5 Å². The Balaban J connectivity index is 0.000000642. The first-order valence-corrected chi connectivity index (χ1v) is 12.5. The number of aryl methyl sites for hydroxylation is 1. The van der Waals surface area contributed by atoms with Crippen LogP contribution in [-0.2, 0) is 9.59 Å². The van der Waals surface area contributed by atoms with E-state index in [1.165, 1.54) is 11.8 Å². The Morgan fingerprint density at radius 2 is 1.97 bits per heavy atom. The summed E-state index contributed by atoms with van der Waals surface area (Å²) in [7, 11) is 1.87. The molecule has 1 saturated carbocycles. The second-order valence-corrected chi connectivity index (χ2v) is 9.17. The van der Waals surface area contributed by atoms with E-state index in [1.807, 2.05) is 44.3 Å². The van der Waals surface area contributed by atoms with Gasteiger partial charge in [0.1, 0.15) is 12.1 Å². The molecule has 0 saturated heterocycles. The highest BCUT2D eigenvalue weighted by Crippen LogP contribution is 2.29. The molecule has 1 fully saturated rings. The molecule has 1 amide bonds. The van der Waals surface area contributed by atoms with Crippen molar-refractivity contribution in [2.75, 3.05) is 24.3 Å². The Labute approximate surface area is 213 Å². The lowest BCUT2D eigenvalue weighted by molar-refractivity contribution is -0.129. The zero-order valence-corrected chi connectivity index (χ0v) is 21.1. The number of amides is 1. The Morgan fingerprint density at radius 3 is 2.56 bits per heavy atom. The molecule has 2 aromatic heterocycles. The van der Waals surface area contributed by atoms with Crippen molar-refractivity contribution in [3.63, 3.8) is 0 Å². The van der Waals surface area contributed by atoms with Crippen molar-refractivity contribution < 1.29 is 19.5 Å². The van der Waals surface area contributed by atoms with Gasteiger partial charge in [-0.1, -0.05) is 0 Å². The summed E-state index contributed by atoms with van der Waals surface area (Å²) >= 11 is 1.42. The maximum Gasteiger partial charge on any atom is 0.243 e. The number of carbonyl (C=O) groups is 2. The van der Waals surface area contributed by atoms with E-state index in [4.69, 9.17) is 9.94 Å². The van der Waals surface area contributed by atoms with Crippen molar-refractivity contribution >= 4 is 41.3 Å². The highest BCUT2D eigenvalue weighted by Gasteiger charge is 2.19. The zero-order chi connectivity index (χ0) is 25.8. The van der Waals surface area contributed by atoms with E-state index in [9.17, 15) is 9.59 Å². The molecule has 0 aliphatic heterocycles. The minimum atomic E-state index is -0.411. The Bertz CT molecular complexity index is 1120. The van der Waals surface area contributed by atoms with Gasteiger partial charge in [0.2, 0.25) is 11.8 Å². The van der Waals surface area contributed by atoms with Crippen LogP contribution in [0.4, 0.5) is 17.3 Å². The highest BCUT2D eigenvalue weighted by atomic mass is 32.2. The van der Waals surface area contributed by atoms with Gasteiger partial charge in [0, 0.05) is 47.8 Å². The van der Waals surface area contributed by atoms with Crippen molar-refractivity contribution in [1.82, 2.24) is 25.6 Å². The van der Waals surface area contributed by atoms with Gasteiger partial charge in [0.25, 0.3) is 0 Å². The van der Waals surface area contributed by atoms with Crippen LogP contribution in [0.3, 0.4) is 0 Å². The van der Waals surface area contributed by atoms with E-state index >= 15 is 0 Å². The quantitative estimate of drug-likeness (QED) is 0.0786. The summed E-state index contributed by atoms with van der Waals surface area (Å²) in [4.78, 5) is 30.7. The summed E-state index contributed by atoms with van der Waals surface area (Å²) in [6.07, 6.45) is 4.78. The fourth-order valence-corrected chi connectivity index (χ4v) is 3.61. The van der Waals surface area contributed by atoms with Crippen LogP contribution >= 0.6 is 11.8 Å². The van der Waals surface area contributed by atoms with Crippen LogP contribution in [0, 0.1) is 12.8 Å². The number of ether oxygens (including phenoxy) is 1. The van der Waals surface area contributed by atoms with Gasteiger partial charge in [-0.15, -0.1) is 0 Å². The molecule has 12 heteroatoms. The molecular formula is C24H31N7O4S. The lowest BCUT2D eigenvalue weighted by Gasteiger charge is -2.10. The molecule has 3 aromatic rings. The van der Waals surface area contributed by atoms with Gasteiger partial charge in [-0.25, -0.2) is 10.5 Å². The molecule has 36 heavy (non-hydrogen) atoms. The zero-order valence-electron chi connectivity index (χ0n) is 20.3. The largest absolute Gasteiger partial charge is 0.478 e. The highest BCUT2D eigenvalue weighted by molar-refractivity contribution is 7.99. The molecule has 0 bridgehead atoms. The molecule has 0 radical (unpaired) electrons. The van der Waals surface area contributed by atoms with Crippen molar-refractivity contribution in [3.05, 3.63) is 42.1 Å². The number of aldehydes is 1. The number of H-pyrrole nitrogens is 1. The van der Waals surface area contributed by atoms with Crippen LogP contribution in [0.1, 0.15) is 37.8 Å². The smallest absolute Gasteiger partial charge is 0.243 e. The van der Waals surface area contributed by atoms with E-state index in [-0.39, 0.29) is 6.42 Å².